The predicted octanol–water partition coefficient (Wildman–Crippen LogP) is 3.79. The number of hydrogen-bond acceptors (Lipinski definition) is 1. The van der Waals surface area contributed by atoms with Gasteiger partial charge in [0.05, 0.1) is 0 Å². The van der Waals surface area contributed by atoms with Gasteiger partial charge in [-0.1, -0.05) is 56.0 Å². The van der Waals surface area contributed by atoms with E-state index in [1.54, 1.807) is 0 Å². The highest BCUT2D eigenvalue weighted by atomic mass is 35.5. The maximum absolute atomic E-state index is 6.07. The van der Waals surface area contributed by atoms with E-state index in [-0.39, 0.29) is 6.04 Å². The van der Waals surface area contributed by atoms with Crippen molar-refractivity contribution in [2.75, 3.05) is 0 Å². The maximum Gasteiger partial charge on any atom is 0.0438 e. The van der Waals surface area contributed by atoms with Crippen molar-refractivity contribution in [3.63, 3.8) is 0 Å². The summed E-state index contributed by atoms with van der Waals surface area (Å²) in [5.41, 5.74) is 7.23. The van der Waals surface area contributed by atoms with Crippen molar-refractivity contribution < 1.29 is 0 Å². The zero-order valence-corrected chi connectivity index (χ0v) is 10.1. The molecule has 1 aromatic rings. The van der Waals surface area contributed by atoms with E-state index in [2.05, 4.69) is 13.0 Å². The van der Waals surface area contributed by atoms with Crippen LogP contribution in [0.15, 0.2) is 24.3 Å². The summed E-state index contributed by atoms with van der Waals surface area (Å²) in [6.07, 6.45) is 5.74. The Bertz CT molecular complexity index is 286. The first-order chi connectivity index (χ1) is 7.24. The quantitative estimate of drug-likeness (QED) is 0.733. The molecular formula is C13H20ClN. The van der Waals surface area contributed by atoms with Crippen LogP contribution in [-0.2, 0) is 6.42 Å². The lowest BCUT2D eigenvalue weighted by atomic mass is 10.0. The third-order valence-corrected chi connectivity index (χ3v) is 2.99. The number of hydrogen-bond donors (Lipinski definition) is 1. The molecule has 0 aliphatic carbocycles. The van der Waals surface area contributed by atoms with Crippen molar-refractivity contribution in [1.82, 2.24) is 0 Å². The molecular weight excluding hydrogens is 206 g/mol. The van der Waals surface area contributed by atoms with E-state index in [9.17, 15) is 0 Å². The normalized spacial score (nSPS) is 12.7. The second-order valence-electron chi connectivity index (χ2n) is 4.05. The molecule has 1 atom stereocenters. The van der Waals surface area contributed by atoms with Crippen molar-refractivity contribution in [2.24, 2.45) is 5.73 Å². The van der Waals surface area contributed by atoms with Gasteiger partial charge in [-0.3, -0.25) is 0 Å². The number of unbranched alkanes of at least 4 members (excludes halogenated alkanes) is 2. The summed E-state index contributed by atoms with van der Waals surface area (Å²) in [4.78, 5) is 0. The maximum atomic E-state index is 6.07. The van der Waals surface area contributed by atoms with E-state index >= 15 is 0 Å². The van der Waals surface area contributed by atoms with Gasteiger partial charge in [-0.05, 0) is 24.5 Å². The molecule has 1 unspecified atom stereocenters. The first-order valence-corrected chi connectivity index (χ1v) is 6.10. The van der Waals surface area contributed by atoms with Crippen LogP contribution < -0.4 is 5.73 Å². The van der Waals surface area contributed by atoms with Gasteiger partial charge < -0.3 is 5.73 Å². The summed E-state index contributed by atoms with van der Waals surface area (Å²) in [5, 5.41) is 0.837. The van der Waals surface area contributed by atoms with Crippen LogP contribution in [0, 0.1) is 0 Å². The lowest BCUT2D eigenvalue weighted by Gasteiger charge is -2.12. The molecule has 2 N–H and O–H groups in total. The molecule has 0 aliphatic heterocycles. The summed E-state index contributed by atoms with van der Waals surface area (Å²) < 4.78 is 0. The fraction of sp³-hybridized carbons (Fsp3) is 0.538. The number of halogens is 1. The zero-order valence-electron chi connectivity index (χ0n) is 9.38. The molecule has 1 nitrogen and oxygen atoms in total. The predicted molar refractivity (Wildman–Crippen MR) is 67.3 cm³/mol. The van der Waals surface area contributed by atoms with E-state index in [1.807, 2.05) is 18.2 Å². The molecule has 0 saturated heterocycles. The summed E-state index contributed by atoms with van der Waals surface area (Å²) in [5.74, 6) is 0. The minimum absolute atomic E-state index is 0.247. The molecule has 0 aromatic heterocycles. The van der Waals surface area contributed by atoms with Crippen LogP contribution in [0.3, 0.4) is 0 Å². The van der Waals surface area contributed by atoms with Crippen molar-refractivity contribution in [2.45, 2.75) is 45.1 Å². The van der Waals surface area contributed by atoms with E-state index in [0.717, 1.165) is 17.9 Å². The van der Waals surface area contributed by atoms with Gasteiger partial charge in [0.25, 0.3) is 0 Å². The second kappa shape index (κ2) is 6.86. The average Bonchev–Trinajstić information content (AvgIpc) is 2.22. The molecule has 1 aromatic carbocycles. The lowest BCUT2D eigenvalue weighted by molar-refractivity contribution is 0.557. The van der Waals surface area contributed by atoms with Crippen LogP contribution in [0.5, 0.6) is 0 Å². The van der Waals surface area contributed by atoms with Gasteiger partial charge in [-0.15, -0.1) is 0 Å². The van der Waals surface area contributed by atoms with Gasteiger partial charge in [0, 0.05) is 11.1 Å². The first kappa shape index (κ1) is 12.5. The van der Waals surface area contributed by atoms with Crippen LogP contribution in [0.2, 0.25) is 5.02 Å². The third-order valence-electron chi connectivity index (χ3n) is 2.62. The molecule has 0 spiro atoms. The molecule has 0 saturated carbocycles. The van der Waals surface area contributed by atoms with Crippen LogP contribution in [0.25, 0.3) is 0 Å². The molecule has 0 aliphatic rings. The molecule has 84 valence electrons. The highest BCUT2D eigenvalue weighted by Gasteiger charge is 2.06. The van der Waals surface area contributed by atoms with Crippen molar-refractivity contribution in [3.8, 4) is 0 Å². The first-order valence-electron chi connectivity index (χ1n) is 5.73. The monoisotopic (exact) mass is 225 g/mol. The average molecular weight is 226 g/mol. The molecule has 2 heteroatoms. The number of rotatable bonds is 6. The number of nitrogens with two attached hydrogens (primary N) is 1. The van der Waals surface area contributed by atoms with Crippen LogP contribution in [0.4, 0.5) is 0 Å². The van der Waals surface area contributed by atoms with Crippen molar-refractivity contribution in [1.29, 1.82) is 0 Å². The largest absolute Gasteiger partial charge is 0.327 e. The van der Waals surface area contributed by atoms with E-state index < -0.39 is 0 Å². The summed E-state index contributed by atoms with van der Waals surface area (Å²) in [7, 11) is 0. The summed E-state index contributed by atoms with van der Waals surface area (Å²) in [6.45, 7) is 2.21. The zero-order chi connectivity index (χ0) is 11.1. The third kappa shape index (κ3) is 4.67. The van der Waals surface area contributed by atoms with Crippen LogP contribution in [-0.4, -0.2) is 6.04 Å². The highest BCUT2D eigenvalue weighted by molar-refractivity contribution is 6.31. The van der Waals surface area contributed by atoms with Crippen LogP contribution in [0.1, 0.15) is 38.2 Å². The number of benzene rings is 1. The molecule has 0 bridgehead atoms. The van der Waals surface area contributed by atoms with E-state index in [1.165, 1.54) is 24.8 Å². The van der Waals surface area contributed by atoms with E-state index in [0.29, 0.717) is 0 Å². The van der Waals surface area contributed by atoms with Gasteiger partial charge in [-0.25, -0.2) is 0 Å². The van der Waals surface area contributed by atoms with Crippen LogP contribution >= 0.6 is 11.6 Å². The molecule has 0 radical (unpaired) electrons. The van der Waals surface area contributed by atoms with Gasteiger partial charge >= 0.3 is 0 Å². The van der Waals surface area contributed by atoms with Crippen molar-refractivity contribution in [3.05, 3.63) is 34.9 Å². The molecule has 0 heterocycles. The Balaban J connectivity index is 2.37. The van der Waals surface area contributed by atoms with Gasteiger partial charge in [0.15, 0.2) is 0 Å². The Hall–Kier alpha value is -0.530. The van der Waals surface area contributed by atoms with E-state index in [4.69, 9.17) is 17.3 Å². The fourth-order valence-electron chi connectivity index (χ4n) is 1.70. The standard InChI is InChI=1S/C13H20ClN/c1-2-3-4-8-12(15)10-11-7-5-6-9-13(11)14/h5-7,9,12H,2-4,8,10,15H2,1H3. The lowest BCUT2D eigenvalue weighted by Crippen LogP contribution is -2.22. The fourth-order valence-corrected chi connectivity index (χ4v) is 1.92. The van der Waals surface area contributed by atoms with Crippen molar-refractivity contribution >= 4 is 11.6 Å². The highest BCUT2D eigenvalue weighted by Crippen LogP contribution is 2.17. The summed E-state index contributed by atoms with van der Waals surface area (Å²) in [6, 6.07) is 8.20. The smallest absolute Gasteiger partial charge is 0.0438 e. The summed E-state index contributed by atoms with van der Waals surface area (Å²) >= 11 is 6.07. The van der Waals surface area contributed by atoms with Gasteiger partial charge in [0.2, 0.25) is 0 Å². The Kier molecular flexibility index (Phi) is 5.74. The Morgan fingerprint density at radius 3 is 2.67 bits per heavy atom. The van der Waals surface area contributed by atoms with Gasteiger partial charge in [-0.2, -0.15) is 0 Å². The Morgan fingerprint density at radius 1 is 1.27 bits per heavy atom. The molecule has 1 rings (SSSR count). The molecule has 15 heavy (non-hydrogen) atoms. The minimum Gasteiger partial charge on any atom is -0.327 e. The van der Waals surface area contributed by atoms with Gasteiger partial charge in [0.1, 0.15) is 0 Å². The topological polar surface area (TPSA) is 26.0 Å². The second-order valence-corrected chi connectivity index (χ2v) is 4.46. The Labute approximate surface area is 97.6 Å². The Morgan fingerprint density at radius 2 is 2.00 bits per heavy atom. The molecule has 0 amide bonds. The molecule has 0 fully saturated rings. The SMILES string of the molecule is CCCCCC(N)Cc1ccccc1Cl. The minimum atomic E-state index is 0.247.